The number of nitrogens with zero attached hydrogens (tertiary/aromatic N) is 5. The molecular formula is C34H38F3N5O4. The number of β-amino-alcohol motifs (C(OH)–C–C–N with tert-alkyl or cyclic N) is 1. The number of aliphatic hydroxyl groups excluding tert-OH is 1. The van der Waals surface area contributed by atoms with Crippen molar-refractivity contribution in [3.63, 3.8) is 0 Å². The fraction of sp³-hybridized carbons (Fsp3) is 0.500. The van der Waals surface area contributed by atoms with E-state index in [0.29, 0.717) is 77.7 Å². The van der Waals surface area contributed by atoms with Crippen molar-refractivity contribution in [2.45, 2.75) is 63.3 Å². The van der Waals surface area contributed by atoms with E-state index in [1.165, 1.54) is 19.4 Å². The molecule has 5 heterocycles. The molecule has 3 saturated heterocycles. The highest BCUT2D eigenvalue weighted by atomic mass is 19.1. The molecule has 0 spiro atoms. The highest BCUT2D eigenvalue weighted by Gasteiger charge is 2.49. The number of halogens is 3. The zero-order chi connectivity index (χ0) is 32.0. The summed E-state index contributed by atoms with van der Waals surface area (Å²) in [7, 11) is 1.50. The third kappa shape index (κ3) is 5.50. The fourth-order valence-corrected chi connectivity index (χ4v) is 7.54. The molecule has 0 bridgehead atoms. The van der Waals surface area contributed by atoms with Crippen LogP contribution in [0.1, 0.15) is 44.6 Å². The highest BCUT2D eigenvalue weighted by Crippen LogP contribution is 2.42. The molecule has 1 unspecified atom stereocenters. The Morgan fingerprint density at radius 1 is 1.09 bits per heavy atom. The van der Waals surface area contributed by atoms with Gasteiger partial charge in [-0.25, -0.2) is 13.2 Å². The van der Waals surface area contributed by atoms with Crippen LogP contribution in [-0.2, 0) is 11.2 Å². The summed E-state index contributed by atoms with van der Waals surface area (Å²) in [6, 6.07) is 6.41. The normalized spacial score (nSPS) is 23.4. The predicted molar refractivity (Wildman–Crippen MR) is 168 cm³/mol. The van der Waals surface area contributed by atoms with Gasteiger partial charge in [0.05, 0.1) is 17.0 Å². The van der Waals surface area contributed by atoms with Gasteiger partial charge in [-0.05, 0) is 73.2 Å². The predicted octanol–water partition coefficient (Wildman–Crippen LogP) is 5.58. The molecule has 3 aliphatic rings. The summed E-state index contributed by atoms with van der Waals surface area (Å²) < 4.78 is 63.5. The third-order valence-corrected chi connectivity index (χ3v) is 9.66. The minimum absolute atomic E-state index is 0.00792. The molecule has 1 N–H and O–H groups in total. The Labute approximate surface area is 265 Å². The lowest BCUT2D eigenvalue weighted by Crippen LogP contribution is -2.43. The molecule has 0 amide bonds. The fourth-order valence-electron chi connectivity index (χ4n) is 7.54. The molecule has 3 aliphatic heterocycles. The third-order valence-electron chi connectivity index (χ3n) is 9.66. The molecule has 12 heteroatoms. The summed E-state index contributed by atoms with van der Waals surface area (Å²) in [6.07, 6.45) is 3.95. The standard InChI is InChI=1S/C34H38F3N5O4/c1-3-24-27(36)8-7-20-12-23(46-19-44-2)13-25(28(20)24)30-29(37)31-26(15-38-30)32(41-10-4-6-22(43)17-41)40-33(39-31)45-18-34-9-5-11-42(34)16-21(35)14-34/h7-8,12-13,15,21-22,43H,3-6,9-11,14,16-19H2,1-2H3/t21-,22?,34+/m0/s1. The number of rotatable bonds is 9. The topological polar surface area (TPSA) is 93.1 Å². The van der Waals surface area contributed by atoms with Crippen LogP contribution in [0.4, 0.5) is 19.0 Å². The van der Waals surface area contributed by atoms with Crippen LogP contribution in [0, 0.1) is 11.6 Å². The Hall–Kier alpha value is -3.74. The zero-order valence-electron chi connectivity index (χ0n) is 26.1. The first-order valence-corrected chi connectivity index (χ1v) is 16.0. The van der Waals surface area contributed by atoms with E-state index in [0.717, 1.165) is 25.8 Å². The lowest BCUT2D eigenvalue weighted by atomic mass is 9.94. The summed E-state index contributed by atoms with van der Waals surface area (Å²) in [5.41, 5.74) is 0.322. The number of fused-ring (bicyclic) bond motifs is 3. The summed E-state index contributed by atoms with van der Waals surface area (Å²) in [4.78, 5) is 17.9. The first kappa shape index (κ1) is 30.9. The van der Waals surface area contributed by atoms with E-state index in [2.05, 4.69) is 14.9 Å². The van der Waals surface area contributed by atoms with Crippen molar-refractivity contribution in [1.29, 1.82) is 0 Å². The Bertz CT molecular complexity index is 1780. The number of alkyl halides is 1. The van der Waals surface area contributed by atoms with Gasteiger partial charge in [-0.1, -0.05) is 13.0 Å². The van der Waals surface area contributed by atoms with Gasteiger partial charge < -0.3 is 24.2 Å². The summed E-state index contributed by atoms with van der Waals surface area (Å²) in [6.45, 7) is 4.12. The second-order valence-electron chi connectivity index (χ2n) is 12.6. The Morgan fingerprint density at radius 3 is 2.76 bits per heavy atom. The number of hydrogen-bond donors (Lipinski definition) is 1. The van der Waals surface area contributed by atoms with Crippen molar-refractivity contribution in [3.05, 3.63) is 47.7 Å². The van der Waals surface area contributed by atoms with E-state index in [1.807, 2.05) is 11.8 Å². The SMILES string of the molecule is CCc1c(F)ccc2cc(OCOC)cc(-c3ncc4c(N5CCCC(O)C5)nc(OC[C@]56CCCN5C[C@@H](F)C6)nc4c3F)c12. The molecule has 0 saturated carbocycles. The van der Waals surface area contributed by atoms with Gasteiger partial charge >= 0.3 is 6.01 Å². The van der Waals surface area contributed by atoms with Crippen LogP contribution in [0.3, 0.4) is 0 Å². The molecule has 9 nitrogen and oxygen atoms in total. The first-order valence-electron chi connectivity index (χ1n) is 16.0. The number of hydrogen-bond acceptors (Lipinski definition) is 9. The van der Waals surface area contributed by atoms with Crippen LogP contribution in [-0.4, -0.2) is 89.5 Å². The number of pyridine rings is 1. The summed E-state index contributed by atoms with van der Waals surface area (Å²) in [5.74, 6) is -0.285. The maximum atomic E-state index is 16.9. The van der Waals surface area contributed by atoms with Gasteiger partial charge in [0.2, 0.25) is 0 Å². The maximum Gasteiger partial charge on any atom is 0.319 e. The number of aryl methyl sites for hydroxylation is 1. The maximum absolute atomic E-state index is 16.9. The van der Waals surface area contributed by atoms with E-state index >= 15 is 8.78 Å². The number of anilines is 1. The van der Waals surface area contributed by atoms with Gasteiger partial charge in [0, 0.05) is 44.9 Å². The average molecular weight is 638 g/mol. The Kier molecular flexibility index (Phi) is 8.37. The van der Waals surface area contributed by atoms with Crippen molar-refractivity contribution < 1.29 is 32.5 Å². The van der Waals surface area contributed by atoms with Gasteiger partial charge in [-0.15, -0.1) is 0 Å². The molecule has 3 fully saturated rings. The van der Waals surface area contributed by atoms with Gasteiger partial charge in [-0.2, -0.15) is 9.97 Å². The molecule has 3 atom stereocenters. The average Bonchev–Trinajstić information content (AvgIpc) is 3.58. The van der Waals surface area contributed by atoms with Gasteiger partial charge in [0.15, 0.2) is 12.6 Å². The molecular weight excluding hydrogens is 599 g/mol. The Morgan fingerprint density at radius 2 is 1.96 bits per heavy atom. The van der Waals surface area contributed by atoms with Gasteiger partial charge in [0.25, 0.3) is 0 Å². The number of aliphatic hydroxyl groups is 1. The van der Waals surface area contributed by atoms with Crippen LogP contribution >= 0.6 is 0 Å². The number of aromatic nitrogens is 3. The molecule has 0 aliphatic carbocycles. The first-order chi connectivity index (χ1) is 22.3. The molecule has 4 aromatic rings. The molecule has 2 aromatic heterocycles. The van der Waals surface area contributed by atoms with Crippen LogP contribution in [0.2, 0.25) is 0 Å². The second kappa shape index (κ2) is 12.5. The van der Waals surface area contributed by atoms with Gasteiger partial charge in [0.1, 0.15) is 41.4 Å². The van der Waals surface area contributed by atoms with Crippen molar-refractivity contribution in [2.24, 2.45) is 0 Å². The van der Waals surface area contributed by atoms with Gasteiger partial charge in [-0.3, -0.25) is 9.88 Å². The van der Waals surface area contributed by atoms with E-state index in [9.17, 15) is 9.50 Å². The van der Waals surface area contributed by atoms with Crippen LogP contribution in [0.15, 0.2) is 30.5 Å². The molecule has 0 radical (unpaired) electrons. The largest absolute Gasteiger partial charge is 0.468 e. The van der Waals surface area contributed by atoms with E-state index < -0.39 is 29.4 Å². The minimum Gasteiger partial charge on any atom is -0.468 e. The second-order valence-corrected chi connectivity index (χ2v) is 12.6. The van der Waals surface area contributed by atoms with Crippen molar-refractivity contribution >= 4 is 27.5 Å². The van der Waals surface area contributed by atoms with E-state index in [1.54, 1.807) is 18.2 Å². The minimum atomic E-state index is -0.922. The molecule has 2 aromatic carbocycles. The zero-order valence-corrected chi connectivity index (χ0v) is 26.1. The van der Waals surface area contributed by atoms with Crippen molar-refractivity contribution in [2.75, 3.05) is 51.6 Å². The number of ether oxygens (including phenoxy) is 3. The van der Waals surface area contributed by atoms with Crippen LogP contribution in [0.5, 0.6) is 11.8 Å². The quantitative estimate of drug-likeness (QED) is 0.236. The Balaban J connectivity index is 1.38. The molecule has 7 rings (SSSR count). The lowest BCUT2D eigenvalue weighted by Gasteiger charge is -2.32. The van der Waals surface area contributed by atoms with E-state index in [-0.39, 0.29) is 30.6 Å². The van der Waals surface area contributed by atoms with E-state index in [4.69, 9.17) is 19.2 Å². The van der Waals surface area contributed by atoms with Crippen LogP contribution in [0.25, 0.3) is 32.9 Å². The summed E-state index contributed by atoms with van der Waals surface area (Å²) in [5, 5.41) is 12.0. The molecule has 244 valence electrons. The smallest absolute Gasteiger partial charge is 0.319 e. The van der Waals surface area contributed by atoms with Crippen molar-refractivity contribution in [3.8, 4) is 23.0 Å². The van der Waals surface area contributed by atoms with Crippen molar-refractivity contribution in [1.82, 2.24) is 19.9 Å². The highest BCUT2D eigenvalue weighted by molar-refractivity contribution is 6.01. The van der Waals surface area contributed by atoms with Crippen LogP contribution < -0.4 is 14.4 Å². The number of benzene rings is 2. The molecule has 46 heavy (non-hydrogen) atoms. The monoisotopic (exact) mass is 637 g/mol. The number of methoxy groups -OCH3 is 1. The lowest BCUT2D eigenvalue weighted by molar-refractivity contribution is 0.0512. The summed E-state index contributed by atoms with van der Waals surface area (Å²) >= 11 is 0. The number of piperidine rings is 1.